The van der Waals surface area contributed by atoms with Crippen molar-refractivity contribution in [1.82, 2.24) is 0 Å². The van der Waals surface area contributed by atoms with Crippen LogP contribution in [-0.4, -0.2) is 17.7 Å². The Morgan fingerprint density at radius 3 is 2.47 bits per heavy atom. The van der Waals surface area contributed by atoms with Crippen LogP contribution in [0.15, 0.2) is 84.9 Å². The average Bonchev–Trinajstić information content (AvgIpc) is 2.87. The van der Waals surface area contributed by atoms with Crippen LogP contribution in [0, 0.1) is 6.57 Å². The summed E-state index contributed by atoms with van der Waals surface area (Å²) in [6, 6.07) is 27.4. The van der Waals surface area contributed by atoms with Crippen LogP contribution >= 0.6 is 0 Å². The SMILES string of the molecule is [C-]#[N+]c1cccc(OCc2ccc(CCC(=O)O)c(OCCc3ccc4ccccc4c3)c2)c1. The second-order valence-corrected chi connectivity index (χ2v) is 8.01. The molecule has 0 bridgehead atoms. The number of carboxylic acid groups (broad SMARTS) is 1. The molecule has 0 aliphatic heterocycles. The number of carbonyl (C=O) groups is 1. The minimum Gasteiger partial charge on any atom is -0.493 e. The molecule has 5 nitrogen and oxygen atoms in total. The molecule has 170 valence electrons. The lowest BCUT2D eigenvalue weighted by atomic mass is 10.0. The van der Waals surface area contributed by atoms with Gasteiger partial charge in [-0.2, -0.15) is 0 Å². The molecular formula is C29H25NO4. The number of fused-ring (bicyclic) bond motifs is 1. The summed E-state index contributed by atoms with van der Waals surface area (Å²) in [7, 11) is 0. The second-order valence-electron chi connectivity index (χ2n) is 8.01. The van der Waals surface area contributed by atoms with Crippen LogP contribution in [0.4, 0.5) is 5.69 Å². The molecule has 4 rings (SSSR count). The zero-order valence-corrected chi connectivity index (χ0v) is 18.7. The Labute approximate surface area is 199 Å². The van der Waals surface area contributed by atoms with E-state index in [4.69, 9.17) is 21.2 Å². The number of hydrogen-bond acceptors (Lipinski definition) is 3. The molecule has 0 saturated heterocycles. The summed E-state index contributed by atoms with van der Waals surface area (Å²) in [4.78, 5) is 14.5. The molecule has 0 unspecified atom stereocenters. The van der Waals surface area contributed by atoms with Crippen molar-refractivity contribution in [3.8, 4) is 11.5 Å². The summed E-state index contributed by atoms with van der Waals surface area (Å²) in [5.41, 5.74) is 3.48. The molecule has 0 radical (unpaired) electrons. The van der Waals surface area contributed by atoms with Gasteiger partial charge in [-0.25, -0.2) is 4.85 Å². The summed E-state index contributed by atoms with van der Waals surface area (Å²) in [6.45, 7) is 7.94. The van der Waals surface area contributed by atoms with Crippen LogP contribution in [0.25, 0.3) is 15.6 Å². The Hall–Kier alpha value is -4.30. The van der Waals surface area contributed by atoms with Gasteiger partial charge in [0, 0.05) is 12.8 Å². The lowest BCUT2D eigenvalue weighted by Crippen LogP contribution is -2.06. The number of rotatable bonds is 10. The highest BCUT2D eigenvalue weighted by molar-refractivity contribution is 5.83. The number of carboxylic acids is 1. The van der Waals surface area contributed by atoms with E-state index in [1.165, 1.54) is 16.3 Å². The summed E-state index contributed by atoms with van der Waals surface area (Å²) < 4.78 is 12.0. The van der Waals surface area contributed by atoms with Crippen LogP contribution < -0.4 is 9.47 Å². The number of aryl methyl sites for hydroxylation is 1. The van der Waals surface area contributed by atoms with E-state index >= 15 is 0 Å². The van der Waals surface area contributed by atoms with Crippen LogP contribution in [0.3, 0.4) is 0 Å². The van der Waals surface area contributed by atoms with Gasteiger partial charge in [0.15, 0.2) is 5.69 Å². The maximum absolute atomic E-state index is 11.1. The van der Waals surface area contributed by atoms with E-state index in [1.807, 2.05) is 36.4 Å². The van der Waals surface area contributed by atoms with Gasteiger partial charge in [0.05, 0.1) is 13.2 Å². The first-order valence-electron chi connectivity index (χ1n) is 11.1. The van der Waals surface area contributed by atoms with Crippen LogP contribution in [-0.2, 0) is 24.2 Å². The Balaban J connectivity index is 1.44. The fraction of sp³-hybridized carbons (Fsp3) is 0.172. The fourth-order valence-electron chi connectivity index (χ4n) is 3.75. The highest BCUT2D eigenvalue weighted by Gasteiger charge is 2.09. The normalized spacial score (nSPS) is 10.6. The molecule has 0 heterocycles. The first kappa shape index (κ1) is 22.9. The number of nitrogens with zero attached hydrogens (tertiary/aromatic N) is 1. The van der Waals surface area contributed by atoms with Gasteiger partial charge in [0.2, 0.25) is 0 Å². The van der Waals surface area contributed by atoms with Crippen molar-refractivity contribution in [3.05, 3.63) is 113 Å². The van der Waals surface area contributed by atoms with Crippen LogP contribution in [0.5, 0.6) is 11.5 Å². The number of benzene rings is 4. The molecule has 0 aliphatic carbocycles. The van der Waals surface area contributed by atoms with Crippen LogP contribution in [0.2, 0.25) is 0 Å². The molecule has 0 fully saturated rings. The first-order chi connectivity index (χ1) is 16.6. The third-order valence-corrected chi connectivity index (χ3v) is 5.55. The monoisotopic (exact) mass is 451 g/mol. The molecule has 0 aliphatic rings. The lowest BCUT2D eigenvalue weighted by molar-refractivity contribution is -0.136. The molecular weight excluding hydrogens is 426 g/mol. The molecule has 4 aromatic carbocycles. The van der Waals surface area contributed by atoms with Gasteiger partial charge in [-0.05, 0) is 52.1 Å². The van der Waals surface area contributed by atoms with E-state index in [1.54, 1.807) is 18.2 Å². The molecule has 4 aromatic rings. The maximum Gasteiger partial charge on any atom is 0.303 e. The number of ether oxygens (including phenoxy) is 2. The van der Waals surface area contributed by atoms with Crippen LogP contribution in [0.1, 0.15) is 23.1 Å². The molecule has 0 aromatic heterocycles. The zero-order chi connectivity index (χ0) is 23.8. The van der Waals surface area contributed by atoms with E-state index in [-0.39, 0.29) is 6.42 Å². The van der Waals surface area contributed by atoms with Crippen molar-refractivity contribution in [3.63, 3.8) is 0 Å². The van der Waals surface area contributed by atoms with Gasteiger partial charge in [0.1, 0.15) is 18.1 Å². The van der Waals surface area contributed by atoms with Crippen molar-refractivity contribution in [2.24, 2.45) is 0 Å². The molecule has 1 N–H and O–H groups in total. The Morgan fingerprint density at radius 2 is 1.65 bits per heavy atom. The van der Waals surface area contributed by atoms with Crippen molar-refractivity contribution >= 4 is 22.4 Å². The first-order valence-corrected chi connectivity index (χ1v) is 11.1. The number of hydrogen-bond donors (Lipinski definition) is 1. The highest BCUT2D eigenvalue weighted by atomic mass is 16.5. The zero-order valence-electron chi connectivity index (χ0n) is 18.7. The summed E-state index contributed by atoms with van der Waals surface area (Å²) in [5.74, 6) is 0.467. The van der Waals surface area contributed by atoms with E-state index < -0.39 is 5.97 Å². The topological polar surface area (TPSA) is 60.1 Å². The average molecular weight is 452 g/mol. The van der Waals surface area contributed by atoms with E-state index in [0.717, 1.165) is 17.5 Å². The molecule has 0 saturated carbocycles. The minimum absolute atomic E-state index is 0.0420. The van der Waals surface area contributed by atoms with Crippen molar-refractivity contribution in [2.75, 3.05) is 6.61 Å². The van der Waals surface area contributed by atoms with Crippen molar-refractivity contribution in [1.29, 1.82) is 0 Å². The van der Waals surface area contributed by atoms with E-state index in [0.29, 0.717) is 36.8 Å². The molecule has 0 atom stereocenters. The van der Waals surface area contributed by atoms with Gasteiger partial charge >= 0.3 is 5.97 Å². The smallest absolute Gasteiger partial charge is 0.303 e. The van der Waals surface area contributed by atoms with Gasteiger partial charge in [-0.15, -0.1) is 0 Å². The lowest BCUT2D eigenvalue weighted by Gasteiger charge is -2.14. The van der Waals surface area contributed by atoms with Gasteiger partial charge in [0.25, 0.3) is 0 Å². The van der Waals surface area contributed by atoms with E-state index in [9.17, 15) is 4.79 Å². The standard InChI is InChI=1S/C29H25NO4/c1-30-26-7-4-8-27(19-26)34-20-22-10-12-24(13-14-29(31)32)28(18-22)33-16-15-21-9-11-23-5-2-3-6-25(23)17-21/h2-12,17-19H,13-16,20H2,(H,31,32). The second kappa shape index (κ2) is 11.0. The van der Waals surface area contributed by atoms with Gasteiger partial charge in [-0.3, -0.25) is 4.79 Å². The predicted octanol–water partition coefficient (Wildman–Crippen LogP) is 6.61. The maximum atomic E-state index is 11.1. The Morgan fingerprint density at radius 1 is 0.824 bits per heavy atom. The third kappa shape index (κ3) is 6.14. The quantitative estimate of drug-likeness (QED) is 0.276. The Bertz CT molecular complexity index is 1340. The molecule has 0 spiro atoms. The largest absolute Gasteiger partial charge is 0.493 e. The Kier molecular flexibility index (Phi) is 7.42. The fourth-order valence-corrected chi connectivity index (χ4v) is 3.75. The highest BCUT2D eigenvalue weighted by Crippen LogP contribution is 2.25. The van der Waals surface area contributed by atoms with E-state index in [2.05, 4.69) is 35.2 Å². The predicted molar refractivity (Wildman–Crippen MR) is 133 cm³/mol. The van der Waals surface area contributed by atoms with Gasteiger partial charge < -0.3 is 14.6 Å². The van der Waals surface area contributed by atoms with Gasteiger partial charge in [-0.1, -0.05) is 66.7 Å². The van der Waals surface area contributed by atoms with Crippen molar-refractivity contribution < 1.29 is 19.4 Å². The molecule has 0 amide bonds. The van der Waals surface area contributed by atoms with Crippen molar-refractivity contribution in [2.45, 2.75) is 25.9 Å². The summed E-state index contributed by atoms with van der Waals surface area (Å²) in [5, 5.41) is 11.5. The summed E-state index contributed by atoms with van der Waals surface area (Å²) >= 11 is 0. The summed E-state index contributed by atoms with van der Waals surface area (Å²) in [6.07, 6.45) is 1.18. The minimum atomic E-state index is -0.839. The molecule has 5 heteroatoms. The number of aliphatic carboxylic acids is 1. The third-order valence-electron chi connectivity index (χ3n) is 5.55. The molecule has 34 heavy (non-hydrogen) atoms.